The number of anilines is 2. The number of hydrogen-bond acceptors (Lipinski definition) is 6. The first-order valence-electron chi connectivity index (χ1n) is 7.96. The summed E-state index contributed by atoms with van der Waals surface area (Å²) < 4.78 is 89.2. The van der Waals surface area contributed by atoms with Crippen molar-refractivity contribution >= 4 is 82.8 Å². The molecule has 1 radical (unpaired) electrons. The number of ether oxygens (including phenoxy) is 1. The van der Waals surface area contributed by atoms with Crippen molar-refractivity contribution < 1.29 is 34.7 Å². The van der Waals surface area contributed by atoms with Crippen molar-refractivity contribution in [1.82, 2.24) is 4.13 Å². The molecule has 2 aromatic rings. The summed E-state index contributed by atoms with van der Waals surface area (Å²) in [6.45, 7) is 0.115. The number of fused-ring (bicyclic) bond motifs is 2. The van der Waals surface area contributed by atoms with Gasteiger partial charge in [-0.2, -0.15) is 13.2 Å². The number of rotatable bonds is 6. The Bertz CT molecular complexity index is 1050. The second-order valence-corrected chi connectivity index (χ2v) is 9.67. The molecular weight excluding hydrogens is 460 g/mol. The van der Waals surface area contributed by atoms with Crippen LogP contribution >= 0.6 is 0 Å². The van der Waals surface area contributed by atoms with E-state index in [9.17, 15) is 30.0 Å². The van der Waals surface area contributed by atoms with Gasteiger partial charge in [-0.25, -0.2) is 16.8 Å². The van der Waals surface area contributed by atoms with E-state index in [0.717, 1.165) is 4.13 Å². The van der Waals surface area contributed by atoms with Crippen LogP contribution in [0.25, 0.3) is 0 Å². The molecule has 1 N–H and O–H groups in total. The zero-order chi connectivity index (χ0) is 20.6. The number of sulfonamides is 2. The summed E-state index contributed by atoms with van der Waals surface area (Å²) in [5.41, 5.74) is -4.38. The van der Waals surface area contributed by atoms with Crippen LogP contribution in [-0.4, -0.2) is 86.0 Å². The molecule has 7 nitrogen and oxygen atoms in total. The Morgan fingerprint density at radius 2 is 1.38 bits per heavy atom. The van der Waals surface area contributed by atoms with Gasteiger partial charge in [0.05, 0.1) is 17.1 Å². The molecule has 0 spiro atoms. The Morgan fingerprint density at radius 1 is 0.897 bits per heavy atom. The van der Waals surface area contributed by atoms with Gasteiger partial charge in [-0.15, -0.1) is 4.13 Å². The predicted octanol–water partition coefficient (Wildman–Crippen LogP) is 2.71. The summed E-state index contributed by atoms with van der Waals surface area (Å²) in [7, 11) is -10.7. The number of halogens is 3. The van der Waals surface area contributed by atoms with Crippen molar-refractivity contribution in [3.05, 3.63) is 48.5 Å². The average Bonchev–Trinajstić information content (AvgIpc) is 2.59. The molecule has 13 heteroatoms. The van der Waals surface area contributed by atoms with Crippen LogP contribution in [0, 0.1) is 0 Å². The van der Waals surface area contributed by atoms with E-state index in [2.05, 4.69) is 0 Å². The zero-order valence-electron chi connectivity index (χ0n) is 15.2. The van der Waals surface area contributed by atoms with Crippen LogP contribution in [0.1, 0.15) is 6.42 Å². The third-order valence-corrected chi connectivity index (χ3v) is 7.20. The van der Waals surface area contributed by atoms with Crippen molar-refractivity contribution in [3.63, 3.8) is 0 Å². The van der Waals surface area contributed by atoms with E-state index in [1.807, 2.05) is 0 Å². The van der Waals surface area contributed by atoms with E-state index in [1.165, 1.54) is 0 Å². The summed E-state index contributed by atoms with van der Waals surface area (Å²) in [6, 6.07) is 14.0. The maximum atomic E-state index is 12.4. The van der Waals surface area contributed by atoms with Crippen LogP contribution in [0.3, 0.4) is 0 Å². The molecule has 0 saturated carbocycles. The number of nitrogens with zero attached hydrogens (tertiary/aromatic N) is 1. The van der Waals surface area contributed by atoms with Crippen molar-refractivity contribution in [1.29, 1.82) is 0 Å². The quantitative estimate of drug-likeness (QED) is 0.646. The van der Waals surface area contributed by atoms with Gasteiger partial charge in [0.15, 0.2) is 11.5 Å². The molecule has 0 aromatic heterocycles. The first-order valence-corrected chi connectivity index (χ1v) is 11.1. The SMILES string of the molecule is O=S(=O)(CCCN1c2ccccc2Oc2ccccc21)NS(=O)(=O)C(F)(F)F.[K]. The molecule has 0 bridgehead atoms. The van der Waals surface area contributed by atoms with E-state index in [-0.39, 0.29) is 64.4 Å². The summed E-state index contributed by atoms with van der Waals surface area (Å²) in [6.07, 6.45) is -0.120. The molecule has 0 fully saturated rings. The molecule has 0 unspecified atom stereocenters. The van der Waals surface area contributed by atoms with Gasteiger partial charge in [-0.05, 0) is 30.7 Å². The van der Waals surface area contributed by atoms with Crippen LogP contribution in [0.2, 0.25) is 0 Å². The Balaban J connectivity index is 0.00000300. The van der Waals surface area contributed by atoms with Crippen LogP contribution in [0.5, 0.6) is 11.5 Å². The Kier molecular flexibility index (Phi) is 7.82. The summed E-state index contributed by atoms with van der Waals surface area (Å²) in [5, 5.41) is 0. The third kappa shape index (κ3) is 5.73. The molecule has 2 aromatic carbocycles. The Labute approximate surface area is 208 Å². The van der Waals surface area contributed by atoms with Crippen molar-refractivity contribution in [3.8, 4) is 11.5 Å². The molecule has 0 amide bonds. The minimum atomic E-state index is -5.98. The molecule has 153 valence electrons. The third-order valence-electron chi connectivity index (χ3n) is 3.87. The zero-order valence-corrected chi connectivity index (χ0v) is 19.9. The largest absolute Gasteiger partial charge is 0.512 e. The summed E-state index contributed by atoms with van der Waals surface area (Å²) in [4.78, 5) is 1.77. The monoisotopic (exact) mass is 475 g/mol. The predicted molar refractivity (Wildman–Crippen MR) is 102 cm³/mol. The van der Waals surface area contributed by atoms with Gasteiger partial charge in [0.25, 0.3) is 0 Å². The molecule has 0 saturated heterocycles. The topological polar surface area (TPSA) is 92.8 Å². The molecule has 3 rings (SSSR count). The number of nitrogens with one attached hydrogen (secondary N) is 1. The van der Waals surface area contributed by atoms with E-state index in [4.69, 9.17) is 4.74 Å². The molecule has 1 heterocycles. The van der Waals surface area contributed by atoms with Crippen molar-refractivity contribution in [2.45, 2.75) is 11.9 Å². The summed E-state index contributed by atoms with van der Waals surface area (Å²) >= 11 is 0. The van der Waals surface area contributed by atoms with E-state index in [0.29, 0.717) is 22.9 Å². The van der Waals surface area contributed by atoms with Crippen molar-refractivity contribution in [2.75, 3.05) is 17.2 Å². The molecule has 1 aliphatic heterocycles. The smallest absolute Gasteiger partial charge is 0.453 e. The maximum absolute atomic E-state index is 12.4. The van der Waals surface area contributed by atoms with Gasteiger partial charge in [-0.1, -0.05) is 24.3 Å². The first-order chi connectivity index (χ1) is 13.0. The minimum absolute atomic E-state index is 0. The molecule has 0 atom stereocenters. The standard InChI is InChI=1S/C16H15F3N2O5S2.K/c17-16(18,19)28(24,25)20-27(22,23)11-5-10-21-12-6-1-3-8-14(12)26-15-9-4-2-7-13(15)21;/h1-4,6-9,20H,5,10-11H2;. The number of benzene rings is 2. The van der Waals surface area contributed by atoms with Crippen molar-refractivity contribution in [2.24, 2.45) is 0 Å². The van der Waals surface area contributed by atoms with Crippen LogP contribution in [0.4, 0.5) is 24.5 Å². The van der Waals surface area contributed by atoms with E-state index in [1.54, 1.807) is 53.4 Å². The maximum Gasteiger partial charge on any atom is 0.512 e. The van der Waals surface area contributed by atoms with Gasteiger partial charge in [0, 0.05) is 57.9 Å². The molecule has 1 aliphatic rings. The first kappa shape index (κ1) is 24.6. The number of alkyl halides is 3. The van der Waals surface area contributed by atoms with Gasteiger partial charge < -0.3 is 9.64 Å². The van der Waals surface area contributed by atoms with Gasteiger partial charge in [0.2, 0.25) is 10.0 Å². The normalized spacial score (nSPS) is 13.7. The molecular formula is C16H15F3KN2O5S2. The fourth-order valence-corrected chi connectivity index (χ4v) is 5.25. The fraction of sp³-hybridized carbons (Fsp3) is 0.250. The Morgan fingerprint density at radius 3 is 1.86 bits per heavy atom. The van der Waals surface area contributed by atoms with Crippen LogP contribution in [-0.2, 0) is 20.0 Å². The van der Waals surface area contributed by atoms with E-state index >= 15 is 0 Å². The fourth-order valence-electron chi connectivity index (χ4n) is 2.69. The van der Waals surface area contributed by atoms with E-state index < -0.39 is 31.3 Å². The van der Waals surface area contributed by atoms with Crippen LogP contribution in [0.15, 0.2) is 48.5 Å². The number of hydrogen-bond donors (Lipinski definition) is 1. The Hall–Kier alpha value is -0.674. The minimum Gasteiger partial charge on any atom is -0.453 e. The second kappa shape index (κ2) is 9.22. The van der Waals surface area contributed by atoms with Gasteiger partial charge in [-0.3, -0.25) is 0 Å². The van der Waals surface area contributed by atoms with Gasteiger partial charge in [0.1, 0.15) is 0 Å². The molecule has 29 heavy (non-hydrogen) atoms. The molecule has 0 aliphatic carbocycles. The van der Waals surface area contributed by atoms with Gasteiger partial charge >= 0.3 is 15.5 Å². The summed E-state index contributed by atoms with van der Waals surface area (Å²) in [5.74, 6) is 0.285. The van der Waals surface area contributed by atoms with Crippen LogP contribution < -0.4 is 13.8 Å². The number of para-hydroxylation sites is 4. The average molecular weight is 476 g/mol. The second-order valence-electron chi connectivity index (χ2n) is 5.89.